The second-order valence-electron chi connectivity index (χ2n) is 6.10. The lowest BCUT2D eigenvalue weighted by Gasteiger charge is -2.03. The van der Waals surface area contributed by atoms with Crippen molar-refractivity contribution in [2.45, 2.75) is 13.8 Å². The van der Waals surface area contributed by atoms with E-state index in [4.69, 9.17) is 4.98 Å². The standard InChI is InChI=1S/C18H18N4S/c1-12(2)10-19-17-21-22-11-16(20-18(22)23-17)15-8-7-13-5-3-4-6-14(13)9-15/h3-9,11-12H,10H2,1-2H3,(H,19,21). The van der Waals surface area contributed by atoms with Crippen LogP contribution in [0.3, 0.4) is 0 Å². The van der Waals surface area contributed by atoms with Crippen LogP contribution >= 0.6 is 11.3 Å². The lowest BCUT2D eigenvalue weighted by molar-refractivity contribution is 0.687. The minimum absolute atomic E-state index is 0.597. The summed E-state index contributed by atoms with van der Waals surface area (Å²) in [4.78, 5) is 5.63. The lowest BCUT2D eigenvalue weighted by atomic mass is 10.1. The lowest BCUT2D eigenvalue weighted by Crippen LogP contribution is -2.07. The van der Waals surface area contributed by atoms with Crippen molar-refractivity contribution in [3.63, 3.8) is 0 Å². The van der Waals surface area contributed by atoms with Gasteiger partial charge in [0.1, 0.15) is 0 Å². The molecule has 116 valence electrons. The highest BCUT2D eigenvalue weighted by Gasteiger charge is 2.10. The molecule has 0 aliphatic carbocycles. The molecular weight excluding hydrogens is 304 g/mol. The maximum atomic E-state index is 4.72. The van der Waals surface area contributed by atoms with Gasteiger partial charge in [0.2, 0.25) is 10.1 Å². The van der Waals surface area contributed by atoms with Crippen LogP contribution in [0.5, 0.6) is 0 Å². The third kappa shape index (κ3) is 2.80. The second-order valence-corrected chi connectivity index (χ2v) is 7.05. The minimum atomic E-state index is 0.597. The van der Waals surface area contributed by atoms with Gasteiger partial charge in [-0.3, -0.25) is 0 Å². The Bertz CT molecular complexity index is 936. The Morgan fingerprint density at radius 3 is 2.74 bits per heavy atom. The summed E-state index contributed by atoms with van der Waals surface area (Å²) in [5, 5.41) is 11.3. The predicted molar refractivity (Wildman–Crippen MR) is 97.1 cm³/mol. The summed E-state index contributed by atoms with van der Waals surface area (Å²) < 4.78 is 1.86. The molecule has 4 rings (SSSR count). The van der Waals surface area contributed by atoms with Crippen molar-refractivity contribution in [1.82, 2.24) is 14.6 Å². The van der Waals surface area contributed by atoms with Crippen molar-refractivity contribution in [2.24, 2.45) is 5.92 Å². The second kappa shape index (κ2) is 5.66. The van der Waals surface area contributed by atoms with Crippen molar-refractivity contribution >= 4 is 32.2 Å². The minimum Gasteiger partial charge on any atom is -0.360 e. The Labute approximate surface area is 138 Å². The van der Waals surface area contributed by atoms with E-state index in [0.717, 1.165) is 27.9 Å². The van der Waals surface area contributed by atoms with Crippen LogP contribution in [0.2, 0.25) is 0 Å². The fourth-order valence-electron chi connectivity index (χ4n) is 2.55. The van der Waals surface area contributed by atoms with Crippen LogP contribution in [0.25, 0.3) is 27.0 Å². The molecule has 2 heterocycles. The van der Waals surface area contributed by atoms with Crippen molar-refractivity contribution < 1.29 is 0 Å². The van der Waals surface area contributed by atoms with E-state index in [2.05, 4.69) is 66.7 Å². The molecule has 0 spiro atoms. The van der Waals surface area contributed by atoms with Crippen LogP contribution in [0, 0.1) is 5.92 Å². The van der Waals surface area contributed by atoms with Gasteiger partial charge >= 0.3 is 0 Å². The van der Waals surface area contributed by atoms with E-state index in [1.165, 1.54) is 10.8 Å². The van der Waals surface area contributed by atoms with E-state index in [-0.39, 0.29) is 0 Å². The molecule has 5 heteroatoms. The van der Waals surface area contributed by atoms with E-state index >= 15 is 0 Å². The Hall–Kier alpha value is -2.40. The van der Waals surface area contributed by atoms with Crippen LogP contribution in [0.4, 0.5) is 5.13 Å². The Morgan fingerprint density at radius 1 is 1.13 bits per heavy atom. The zero-order valence-corrected chi connectivity index (χ0v) is 14.0. The molecule has 0 saturated carbocycles. The largest absolute Gasteiger partial charge is 0.360 e. The van der Waals surface area contributed by atoms with Crippen molar-refractivity contribution in [1.29, 1.82) is 0 Å². The highest BCUT2D eigenvalue weighted by molar-refractivity contribution is 7.20. The van der Waals surface area contributed by atoms with Crippen LogP contribution in [0.1, 0.15) is 13.8 Å². The summed E-state index contributed by atoms with van der Waals surface area (Å²) in [6.45, 7) is 5.29. The average Bonchev–Trinajstić information content (AvgIpc) is 3.11. The number of aromatic nitrogens is 3. The van der Waals surface area contributed by atoms with Crippen molar-refractivity contribution in [2.75, 3.05) is 11.9 Å². The first-order chi connectivity index (χ1) is 11.2. The van der Waals surface area contributed by atoms with Crippen LogP contribution in [-0.4, -0.2) is 21.1 Å². The smallest absolute Gasteiger partial charge is 0.214 e. The molecule has 4 aromatic rings. The highest BCUT2D eigenvalue weighted by Crippen LogP contribution is 2.27. The number of hydrogen-bond acceptors (Lipinski definition) is 4. The molecular formula is C18H18N4S. The molecule has 0 unspecified atom stereocenters. The summed E-state index contributed by atoms with van der Waals surface area (Å²) in [5.41, 5.74) is 2.09. The van der Waals surface area contributed by atoms with E-state index in [0.29, 0.717) is 5.92 Å². The van der Waals surface area contributed by atoms with Gasteiger partial charge in [0, 0.05) is 12.1 Å². The van der Waals surface area contributed by atoms with Gasteiger partial charge in [0.15, 0.2) is 0 Å². The quantitative estimate of drug-likeness (QED) is 0.593. The summed E-state index contributed by atoms with van der Waals surface area (Å²) in [6.07, 6.45) is 2.00. The van der Waals surface area contributed by atoms with Gasteiger partial charge in [-0.05, 0) is 22.8 Å². The number of nitrogens with zero attached hydrogens (tertiary/aromatic N) is 3. The van der Waals surface area contributed by atoms with Crippen LogP contribution < -0.4 is 5.32 Å². The normalized spacial score (nSPS) is 11.6. The topological polar surface area (TPSA) is 42.2 Å². The molecule has 1 N–H and O–H groups in total. The molecule has 0 fully saturated rings. The fraction of sp³-hybridized carbons (Fsp3) is 0.222. The van der Waals surface area contributed by atoms with Crippen molar-refractivity contribution in [3.05, 3.63) is 48.7 Å². The predicted octanol–water partition coefficient (Wildman–Crippen LogP) is 4.68. The molecule has 0 bridgehead atoms. The monoisotopic (exact) mass is 322 g/mol. The van der Waals surface area contributed by atoms with E-state index in [1.807, 2.05) is 10.7 Å². The number of hydrogen-bond donors (Lipinski definition) is 1. The molecule has 0 radical (unpaired) electrons. The first kappa shape index (κ1) is 14.2. The Morgan fingerprint density at radius 2 is 1.96 bits per heavy atom. The van der Waals surface area contributed by atoms with Gasteiger partial charge in [-0.15, -0.1) is 5.10 Å². The maximum Gasteiger partial charge on any atom is 0.214 e. The molecule has 0 saturated heterocycles. The summed E-state index contributed by atoms with van der Waals surface area (Å²) in [5.74, 6) is 0.597. The first-order valence-corrected chi connectivity index (χ1v) is 8.60. The third-order valence-corrected chi connectivity index (χ3v) is 4.63. The van der Waals surface area contributed by atoms with Crippen LogP contribution in [0.15, 0.2) is 48.7 Å². The molecule has 4 nitrogen and oxygen atoms in total. The maximum absolute atomic E-state index is 4.72. The summed E-state index contributed by atoms with van der Waals surface area (Å²) in [7, 11) is 0. The van der Waals surface area contributed by atoms with Gasteiger partial charge in [-0.1, -0.05) is 61.6 Å². The molecule has 0 aliphatic heterocycles. The number of nitrogens with one attached hydrogen (secondary N) is 1. The Kier molecular flexibility index (Phi) is 3.50. The molecule has 23 heavy (non-hydrogen) atoms. The van der Waals surface area contributed by atoms with E-state index < -0.39 is 0 Å². The highest BCUT2D eigenvalue weighted by atomic mass is 32.1. The molecule has 0 amide bonds. The first-order valence-electron chi connectivity index (χ1n) is 7.78. The summed E-state index contributed by atoms with van der Waals surface area (Å²) in [6, 6.07) is 14.8. The van der Waals surface area contributed by atoms with Gasteiger partial charge < -0.3 is 5.32 Å². The average molecular weight is 322 g/mol. The van der Waals surface area contributed by atoms with Gasteiger partial charge in [0.25, 0.3) is 0 Å². The van der Waals surface area contributed by atoms with E-state index in [9.17, 15) is 0 Å². The number of rotatable bonds is 4. The molecule has 0 aliphatic rings. The number of imidazole rings is 1. The molecule has 2 aromatic heterocycles. The fourth-order valence-corrected chi connectivity index (χ4v) is 3.34. The van der Waals surface area contributed by atoms with Crippen molar-refractivity contribution in [3.8, 4) is 11.3 Å². The van der Waals surface area contributed by atoms with Crippen LogP contribution in [-0.2, 0) is 0 Å². The third-order valence-electron chi connectivity index (χ3n) is 3.75. The van der Waals surface area contributed by atoms with E-state index in [1.54, 1.807) is 11.3 Å². The number of fused-ring (bicyclic) bond motifs is 2. The zero-order valence-electron chi connectivity index (χ0n) is 13.2. The van der Waals surface area contributed by atoms with Gasteiger partial charge in [-0.25, -0.2) is 9.50 Å². The molecule has 0 atom stereocenters. The number of anilines is 1. The molecule has 2 aromatic carbocycles. The van der Waals surface area contributed by atoms with Gasteiger partial charge in [-0.2, -0.15) is 0 Å². The summed E-state index contributed by atoms with van der Waals surface area (Å²) >= 11 is 1.59. The zero-order chi connectivity index (χ0) is 15.8. The van der Waals surface area contributed by atoms with Gasteiger partial charge in [0.05, 0.1) is 11.9 Å². The number of benzene rings is 2. The SMILES string of the molecule is CC(C)CNc1nn2cc(-c3ccc4ccccc4c3)nc2s1. The Balaban J connectivity index is 1.66.